The predicted octanol–water partition coefficient (Wildman–Crippen LogP) is -0.446. The maximum atomic E-state index is 12.1. The molecule has 1 aromatic carbocycles. The number of carboxylic acids is 1. The summed E-state index contributed by atoms with van der Waals surface area (Å²) in [5.41, 5.74) is 5.21. The number of ether oxygens (including phenoxy) is 1. The van der Waals surface area contributed by atoms with Crippen LogP contribution in [0.1, 0.15) is 16.8 Å². The van der Waals surface area contributed by atoms with E-state index < -0.39 is 27.9 Å². The Kier molecular flexibility index (Phi) is 5.82. The summed E-state index contributed by atoms with van der Waals surface area (Å²) in [5, 5.41) is 8.98. The van der Waals surface area contributed by atoms with E-state index in [9.17, 15) is 18.0 Å². The predicted molar refractivity (Wildman–Crippen MR) is 73.2 cm³/mol. The minimum Gasteiger partial charge on any atom is -0.480 e. The Labute approximate surface area is 122 Å². The van der Waals surface area contributed by atoms with Gasteiger partial charge in [0.25, 0.3) is 0 Å². The van der Waals surface area contributed by atoms with Crippen LogP contribution >= 0.6 is 0 Å². The lowest BCUT2D eigenvalue weighted by Gasteiger charge is -2.14. The maximum Gasteiger partial charge on any atom is 0.321 e. The van der Waals surface area contributed by atoms with Crippen LogP contribution in [0.4, 0.5) is 0 Å². The van der Waals surface area contributed by atoms with Crippen molar-refractivity contribution in [1.82, 2.24) is 4.72 Å². The molecule has 1 amide bonds. The van der Waals surface area contributed by atoms with Gasteiger partial charge in [-0.2, -0.15) is 4.72 Å². The first-order chi connectivity index (χ1) is 9.77. The van der Waals surface area contributed by atoms with Crippen LogP contribution in [0.25, 0.3) is 0 Å². The smallest absolute Gasteiger partial charge is 0.321 e. The highest BCUT2D eigenvalue weighted by molar-refractivity contribution is 7.89. The van der Waals surface area contributed by atoms with Gasteiger partial charge in [0.1, 0.15) is 6.04 Å². The monoisotopic (exact) mass is 316 g/mol. The number of rotatable bonds is 8. The Balaban J connectivity index is 2.93. The number of nitrogens with one attached hydrogen (secondary N) is 1. The third-order valence-electron chi connectivity index (χ3n) is 2.66. The maximum absolute atomic E-state index is 12.1. The minimum atomic E-state index is -4.02. The van der Waals surface area contributed by atoms with Gasteiger partial charge in [-0.1, -0.05) is 0 Å². The number of hydrogen-bond acceptors (Lipinski definition) is 5. The number of carbonyl (C=O) groups is 2. The number of carbonyl (C=O) groups excluding carboxylic acids is 1. The van der Waals surface area contributed by atoms with Crippen LogP contribution in [0.15, 0.2) is 29.2 Å². The van der Waals surface area contributed by atoms with E-state index in [4.69, 9.17) is 15.6 Å². The topological polar surface area (TPSA) is 136 Å². The normalized spacial score (nSPS) is 12.8. The fraction of sp³-hybridized carbons (Fsp3) is 0.333. The Morgan fingerprint density at radius 1 is 1.33 bits per heavy atom. The number of amides is 1. The summed E-state index contributed by atoms with van der Waals surface area (Å²) >= 11 is 0. The third kappa shape index (κ3) is 4.81. The molecular weight excluding hydrogens is 300 g/mol. The number of benzene rings is 1. The lowest BCUT2D eigenvalue weighted by Crippen LogP contribution is -2.41. The van der Waals surface area contributed by atoms with Crippen molar-refractivity contribution in [2.45, 2.75) is 17.4 Å². The molecule has 0 heterocycles. The van der Waals surface area contributed by atoms with Gasteiger partial charge in [0.05, 0.1) is 4.90 Å². The Morgan fingerprint density at radius 2 is 1.90 bits per heavy atom. The zero-order chi connectivity index (χ0) is 16.0. The quantitative estimate of drug-likeness (QED) is 0.594. The van der Waals surface area contributed by atoms with Crippen molar-refractivity contribution >= 4 is 21.9 Å². The van der Waals surface area contributed by atoms with E-state index in [0.717, 1.165) is 0 Å². The van der Waals surface area contributed by atoms with E-state index >= 15 is 0 Å². The average Bonchev–Trinajstić information content (AvgIpc) is 2.43. The summed E-state index contributed by atoms with van der Waals surface area (Å²) in [6, 6.07) is 3.56. The Hall–Kier alpha value is -1.97. The van der Waals surface area contributed by atoms with Crippen molar-refractivity contribution in [2.24, 2.45) is 5.73 Å². The molecule has 1 unspecified atom stereocenters. The van der Waals surface area contributed by atoms with Crippen LogP contribution in [-0.2, 0) is 19.6 Å². The summed E-state index contributed by atoms with van der Waals surface area (Å²) < 4.78 is 30.9. The van der Waals surface area contributed by atoms with E-state index in [1.807, 2.05) is 0 Å². The van der Waals surface area contributed by atoms with Crippen molar-refractivity contribution in [3.8, 4) is 0 Å². The number of carboxylic acid groups (broad SMARTS) is 1. The summed E-state index contributed by atoms with van der Waals surface area (Å²) in [5.74, 6) is -1.99. The molecule has 0 fully saturated rings. The number of primary amides is 1. The zero-order valence-electron chi connectivity index (χ0n) is 11.3. The molecule has 0 aromatic heterocycles. The van der Waals surface area contributed by atoms with Gasteiger partial charge < -0.3 is 15.6 Å². The molecule has 9 heteroatoms. The molecule has 0 aliphatic heterocycles. The molecule has 0 bridgehead atoms. The molecule has 0 spiro atoms. The summed E-state index contributed by atoms with van der Waals surface area (Å²) in [6.45, 7) is 0.0973. The van der Waals surface area contributed by atoms with Crippen LogP contribution in [0.3, 0.4) is 0 Å². The second kappa shape index (κ2) is 7.16. The van der Waals surface area contributed by atoms with Gasteiger partial charge in [0, 0.05) is 19.3 Å². The fourth-order valence-electron chi connectivity index (χ4n) is 1.52. The average molecular weight is 316 g/mol. The van der Waals surface area contributed by atoms with Crippen LogP contribution in [0.2, 0.25) is 0 Å². The molecule has 4 N–H and O–H groups in total. The highest BCUT2D eigenvalue weighted by Gasteiger charge is 2.25. The second-order valence-corrected chi connectivity index (χ2v) is 5.90. The van der Waals surface area contributed by atoms with Crippen molar-refractivity contribution in [3.05, 3.63) is 29.8 Å². The molecule has 0 aliphatic carbocycles. The second-order valence-electron chi connectivity index (χ2n) is 4.18. The van der Waals surface area contributed by atoms with E-state index in [0.29, 0.717) is 0 Å². The summed E-state index contributed by atoms with van der Waals surface area (Å²) in [7, 11) is -2.63. The number of sulfonamides is 1. The first-order valence-corrected chi connectivity index (χ1v) is 7.40. The van der Waals surface area contributed by atoms with E-state index in [1.165, 1.54) is 31.4 Å². The number of aliphatic carboxylic acids is 1. The molecule has 1 atom stereocenters. The molecule has 1 aromatic rings. The van der Waals surface area contributed by atoms with E-state index in [2.05, 4.69) is 4.72 Å². The van der Waals surface area contributed by atoms with Crippen LogP contribution in [-0.4, -0.2) is 45.2 Å². The van der Waals surface area contributed by atoms with Crippen molar-refractivity contribution in [3.63, 3.8) is 0 Å². The Bertz CT molecular complexity index is 611. The van der Waals surface area contributed by atoms with Gasteiger partial charge in [-0.25, -0.2) is 8.42 Å². The van der Waals surface area contributed by atoms with Gasteiger partial charge in [-0.05, 0) is 30.7 Å². The molecular formula is C12H16N2O6S. The van der Waals surface area contributed by atoms with E-state index in [-0.39, 0.29) is 23.5 Å². The van der Waals surface area contributed by atoms with Crippen LogP contribution < -0.4 is 10.5 Å². The van der Waals surface area contributed by atoms with Crippen LogP contribution in [0.5, 0.6) is 0 Å². The molecule has 0 saturated heterocycles. The first kappa shape index (κ1) is 17.1. The van der Waals surface area contributed by atoms with Crippen molar-refractivity contribution < 1.29 is 27.9 Å². The summed E-state index contributed by atoms with van der Waals surface area (Å²) in [4.78, 5) is 21.8. The van der Waals surface area contributed by atoms with Crippen molar-refractivity contribution in [1.29, 1.82) is 0 Å². The standard InChI is InChI=1S/C12H16N2O6S/c1-20-7-6-10(12(16)17)14-21(18,19)9-4-2-8(3-5-9)11(13)15/h2-5,10,14H,6-7H2,1H3,(H2,13,15)(H,16,17). The number of hydrogen-bond donors (Lipinski definition) is 3. The van der Waals surface area contributed by atoms with Crippen LogP contribution in [0, 0.1) is 0 Å². The summed E-state index contributed by atoms with van der Waals surface area (Å²) in [6.07, 6.45) is -0.00949. The first-order valence-electron chi connectivity index (χ1n) is 5.92. The van der Waals surface area contributed by atoms with Gasteiger partial charge in [0.2, 0.25) is 15.9 Å². The highest BCUT2D eigenvalue weighted by atomic mass is 32.2. The van der Waals surface area contributed by atoms with E-state index in [1.54, 1.807) is 0 Å². The van der Waals surface area contributed by atoms with Crippen molar-refractivity contribution in [2.75, 3.05) is 13.7 Å². The lowest BCUT2D eigenvalue weighted by atomic mass is 10.2. The molecule has 0 aliphatic rings. The minimum absolute atomic E-state index is 0.00949. The fourth-order valence-corrected chi connectivity index (χ4v) is 2.75. The lowest BCUT2D eigenvalue weighted by molar-refractivity contribution is -0.139. The molecule has 0 saturated carbocycles. The highest BCUT2D eigenvalue weighted by Crippen LogP contribution is 2.11. The molecule has 1 rings (SSSR count). The molecule has 21 heavy (non-hydrogen) atoms. The zero-order valence-corrected chi connectivity index (χ0v) is 12.1. The van der Waals surface area contributed by atoms with Gasteiger partial charge >= 0.3 is 5.97 Å². The van der Waals surface area contributed by atoms with Gasteiger partial charge in [-0.3, -0.25) is 9.59 Å². The number of methoxy groups -OCH3 is 1. The third-order valence-corrected chi connectivity index (χ3v) is 4.14. The number of nitrogens with two attached hydrogens (primary N) is 1. The molecule has 116 valence electrons. The molecule has 0 radical (unpaired) electrons. The van der Waals surface area contributed by atoms with Gasteiger partial charge in [-0.15, -0.1) is 0 Å². The SMILES string of the molecule is COCCC(NS(=O)(=O)c1ccc(C(N)=O)cc1)C(=O)O. The van der Waals surface area contributed by atoms with Gasteiger partial charge in [0.15, 0.2) is 0 Å². The Morgan fingerprint density at radius 3 is 2.33 bits per heavy atom. The molecule has 8 nitrogen and oxygen atoms in total. The largest absolute Gasteiger partial charge is 0.480 e.